The molecule has 4 rings (SSSR count). The summed E-state index contributed by atoms with van der Waals surface area (Å²) in [6.07, 6.45) is 5.05. The minimum absolute atomic E-state index is 0.248. The van der Waals surface area contributed by atoms with Crippen LogP contribution in [0.1, 0.15) is 10.4 Å². The van der Waals surface area contributed by atoms with Crippen molar-refractivity contribution in [3.63, 3.8) is 0 Å². The van der Waals surface area contributed by atoms with Gasteiger partial charge in [-0.15, -0.1) is 0 Å². The Labute approximate surface area is 143 Å². The van der Waals surface area contributed by atoms with Crippen molar-refractivity contribution in [3.8, 4) is 11.5 Å². The average molecular weight is 333 g/mol. The molecule has 0 aliphatic carbocycles. The molecule has 2 heterocycles. The molecule has 0 saturated heterocycles. The van der Waals surface area contributed by atoms with Gasteiger partial charge < -0.3 is 10.1 Å². The van der Waals surface area contributed by atoms with E-state index in [1.165, 1.54) is 0 Å². The van der Waals surface area contributed by atoms with E-state index in [9.17, 15) is 4.79 Å². The molecule has 25 heavy (non-hydrogen) atoms. The van der Waals surface area contributed by atoms with Crippen molar-refractivity contribution in [1.82, 2.24) is 20.0 Å². The number of hydrogen-bond acceptors (Lipinski definition) is 4. The first kappa shape index (κ1) is 14.9. The Bertz CT molecular complexity index is 1050. The molecule has 0 spiro atoms. The highest BCUT2D eigenvalue weighted by molar-refractivity contribution is 6.06. The van der Waals surface area contributed by atoms with E-state index >= 15 is 0 Å². The first-order valence-corrected chi connectivity index (χ1v) is 7.69. The third-order valence-electron chi connectivity index (χ3n) is 3.74. The van der Waals surface area contributed by atoms with Gasteiger partial charge in [-0.1, -0.05) is 12.1 Å². The molecule has 0 atom stereocenters. The highest BCUT2D eigenvalue weighted by atomic mass is 16.5. The average Bonchev–Trinajstić information content (AvgIpc) is 3.23. The van der Waals surface area contributed by atoms with Gasteiger partial charge in [-0.25, -0.2) is 0 Å². The summed E-state index contributed by atoms with van der Waals surface area (Å²) < 4.78 is 7.42. The lowest BCUT2D eigenvalue weighted by Crippen LogP contribution is -2.12. The van der Waals surface area contributed by atoms with Crippen LogP contribution in [0.15, 0.2) is 61.1 Å². The number of ether oxygens (including phenoxy) is 1. The SMILES string of the molecule is Cn1cc(Oc2ccccc2C(=O)Nc2ccc3[nH]ncc3c2)cn1. The monoisotopic (exact) mass is 333 g/mol. The molecule has 7 heteroatoms. The van der Waals surface area contributed by atoms with Crippen molar-refractivity contribution in [2.75, 3.05) is 5.32 Å². The predicted octanol–water partition coefficient (Wildman–Crippen LogP) is 3.34. The van der Waals surface area contributed by atoms with E-state index in [4.69, 9.17) is 4.74 Å². The molecule has 0 radical (unpaired) electrons. The van der Waals surface area contributed by atoms with Crippen LogP contribution in [0, 0.1) is 0 Å². The number of rotatable bonds is 4. The Morgan fingerprint density at radius 1 is 1.20 bits per heavy atom. The number of aromatic nitrogens is 4. The van der Waals surface area contributed by atoms with Crippen LogP contribution in [0.5, 0.6) is 11.5 Å². The lowest BCUT2D eigenvalue weighted by atomic mass is 10.1. The molecule has 0 bridgehead atoms. The molecular weight excluding hydrogens is 318 g/mol. The largest absolute Gasteiger partial charge is 0.453 e. The molecule has 0 aliphatic heterocycles. The number of benzene rings is 2. The molecule has 0 aliphatic rings. The molecule has 2 aromatic heterocycles. The molecule has 2 N–H and O–H groups in total. The maximum absolute atomic E-state index is 12.7. The number of H-pyrrole nitrogens is 1. The topological polar surface area (TPSA) is 84.8 Å². The zero-order valence-electron chi connectivity index (χ0n) is 13.4. The van der Waals surface area contributed by atoms with Crippen LogP contribution in [0.3, 0.4) is 0 Å². The Kier molecular flexibility index (Phi) is 3.66. The summed E-state index contributed by atoms with van der Waals surface area (Å²) in [4.78, 5) is 12.7. The Morgan fingerprint density at radius 2 is 2.08 bits per heavy atom. The molecule has 7 nitrogen and oxygen atoms in total. The minimum atomic E-state index is -0.248. The number of anilines is 1. The van der Waals surface area contributed by atoms with Gasteiger partial charge in [0.05, 0.1) is 29.7 Å². The summed E-state index contributed by atoms with van der Waals surface area (Å²) in [5.41, 5.74) is 2.05. The second kappa shape index (κ2) is 6.12. The van der Waals surface area contributed by atoms with Gasteiger partial charge in [-0.3, -0.25) is 14.6 Å². The zero-order chi connectivity index (χ0) is 17.2. The second-order valence-electron chi connectivity index (χ2n) is 5.57. The number of aryl methyl sites for hydroxylation is 1. The van der Waals surface area contributed by atoms with Gasteiger partial charge in [0.1, 0.15) is 5.75 Å². The third kappa shape index (κ3) is 3.07. The first-order valence-electron chi connectivity index (χ1n) is 7.69. The number of carbonyl (C=O) groups is 1. The summed E-state index contributed by atoms with van der Waals surface area (Å²) in [6.45, 7) is 0. The molecule has 124 valence electrons. The summed E-state index contributed by atoms with van der Waals surface area (Å²) in [6, 6.07) is 12.6. The van der Waals surface area contributed by atoms with Crippen molar-refractivity contribution in [2.24, 2.45) is 7.05 Å². The quantitative estimate of drug-likeness (QED) is 0.600. The number of nitrogens with zero attached hydrogens (tertiary/aromatic N) is 3. The molecule has 0 fully saturated rings. The van der Waals surface area contributed by atoms with E-state index in [1.54, 1.807) is 48.5 Å². The van der Waals surface area contributed by atoms with Gasteiger partial charge in [0.15, 0.2) is 5.75 Å². The van der Waals surface area contributed by atoms with Crippen LogP contribution >= 0.6 is 0 Å². The summed E-state index contributed by atoms with van der Waals surface area (Å²) >= 11 is 0. The molecule has 1 amide bonds. The number of amides is 1. The molecular formula is C18H15N5O2. The van der Waals surface area contributed by atoms with Gasteiger partial charge >= 0.3 is 0 Å². The predicted molar refractivity (Wildman–Crippen MR) is 93.8 cm³/mol. The van der Waals surface area contributed by atoms with Crippen LogP contribution in [0.25, 0.3) is 10.9 Å². The Hall–Kier alpha value is -3.61. The summed E-state index contributed by atoms with van der Waals surface area (Å²) in [5.74, 6) is 0.794. The van der Waals surface area contributed by atoms with Crippen molar-refractivity contribution in [1.29, 1.82) is 0 Å². The zero-order valence-corrected chi connectivity index (χ0v) is 13.4. The second-order valence-corrected chi connectivity index (χ2v) is 5.57. The number of para-hydroxylation sites is 1. The highest BCUT2D eigenvalue weighted by Gasteiger charge is 2.14. The van der Waals surface area contributed by atoms with E-state index in [0.29, 0.717) is 22.7 Å². The van der Waals surface area contributed by atoms with E-state index in [0.717, 1.165) is 10.9 Å². The fraction of sp³-hybridized carbons (Fsp3) is 0.0556. The van der Waals surface area contributed by atoms with E-state index in [2.05, 4.69) is 20.6 Å². The molecule has 2 aromatic carbocycles. The van der Waals surface area contributed by atoms with Crippen LogP contribution in [0.2, 0.25) is 0 Å². The molecule has 0 saturated carbocycles. The number of nitrogens with one attached hydrogen (secondary N) is 2. The van der Waals surface area contributed by atoms with Crippen molar-refractivity contribution < 1.29 is 9.53 Å². The maximum atomic E-state index is 12.7. The third-order valence-corrected chi connectivity index (χ3v) is 3.74. The number of aromatic amines is 1. The van der Waals surface area contributed by atoms with Crippen LogP contribution < -0.4 is 10.1 Å². The maximum Gasteiger partial charge on any atom is 0.259 e. The first-order chi connectivity index (χ1) is 12.2. The van der Waals surface area contributed by atoms with Gasteiger partial charge in [-0.2, -0.15) is 10.2 Å². The summed E-state index contributed by atoms with van der Waals surface area (Å²) in [5, 5.41) is 14.7. The standard InChI is InChI=1S/C18H15N5O2/c1-23-11-14(10-20-23)25-17-5-3-2-4-15(17)18(24)21-13-6-7-16-12(8-13)9-19-22-16/h2-11H,1H3,(H,19,22)(H,21,24). The fourth-order valence-corrected chi connectivity index (χ4v) is 2.54. The van der Waals surface area contributed by atoms with Crippen molar-refractivity contribution in [2.45, 2.75) is 0 Å². The highest BCUT2D eigenvalue weighted by Crippen LogP contribution is 2.26. The smallest absolute Gasteiger partial charge is 0.259 e. The van der Waals surface area contributed by atoms with Crippen LogP contribution in [0.4, 0.5) is 5.69 Å². The Balaban J connectivity index is 1.59. The lowest BCUT2D eigenvalue weighted by molar-refractivity contribution is 0.102. The number of carbonyl (C=O) groups excluding carboxylic acids is 1. The molecule has 4 aromatic rings. The summed E-state index contributed by atoms with van der Waals surface area (Å²) in [7, 11) is 1.80. The number of hydrogen-bond donors (Lipinski definition) is 2. The van der Waals surface area contributed by atoms with Gasteiger partial charge in [0, 0.05) is 18.1 Å². The van der Waals surface area contributed by atoms with Gasteiger partial charge in [0.2, 0.25) is 0 Å². The van der Waals surface area contributed by atoms with Gasteiger partial charge in [0.25, 0.3) is 5.91 Å². The van der Waals surface area contributed by atoms with Crippen molar-refractivity contribution in [3.05, 3.63) is 66.6 Å². The van der Waals surface area contributed by atoms with E-state index in [1.807, 2.05) is 24.3 Å². The van der Waals surface area contributed by atoms with Crippen LogP contribution in [-0.2, 0) is 7.05 Å². The fourth-order valence-electron chi connectivity index (χ4n) is 2.54. The normalized spacial score (nSPS) is 10.8. The van der Waals surface area contributed by atoms with Crippen LogP contribution in [-0.4, -0.2) is 25.9 Å². The lowest BCUT2D eigenvalue weighted by Gasteiger charge is -2.10. The number of fused-ring (bicyclic) bond motifs is 1. The Morgan fingerprint density at radius 3 is 2.92 bits per heavy atom. The minimum Gasteiger partial charge on any atom is -0.453 e. The van der Waals surface area contributed by atoms with Gasteiger partial charge in [-0.05, 0) is 30.3 Å². The molecule has 0 unspecified atom stereocenters. The van der Waals surface area contributed by atoms with E-state index < -0.39 is 0 Å². The van der Waals surface area contributed by atoms with Crippen molar-refractivity contribution >= 4 is 22.5 Å². The van der Waals surface area contributed by atoms with E-state index in [-0.39, 0.29) is 5.91 Å².